The summed E-state index contributed by atoms with van der Waals surface area (Å²) in [4.78, 5) is 38.5. The van der Waals surface area contributed by atoms with Gasteiger partial charge in [0.15, 0.2) is 0 Å². The molecule has 1 N–H and O–H groups in total. The second-order valence-corrected chi connectivity index (χ2v) is 9.75. The molecule has 3 atom stereocenters. The molecule has 0 radical (unpaired) electrons. The highest BCUT2D eigenvalue weighted by atomic mass is 16.2. The summed E-state index contributed by atoms with van der Waals surface area (Å²) in [6.07, 6.45) is 11.4. The molecule has 1 aromatic rings. The highest BCUT2D eigenvalue weighted by molar-refractivity contribution is 5.82. The van der Waals surface area contributed by atoms with Gasteiger partial charge in [0.05, 0.1) is 11.7 Å². The van der Waals surface area contributed by atoms with Crippen molar-refractivity contribution < 1.29 is 4.79 Å². The van der Waals surface area contributed by atoms with Gasteiger partial charge < -0.3 is 9.88 Å². The van der Waals surface area contributed by atoms with E-state index >= 15 is 0 Å². The lowest BCUT2D eigenvalue weighted by atomic mass is 9.92. The van der Waals surface area contributed by atoms with E-state index in [1.807, 2.05) is 4.90 Å². The van der Waals surface area contributed by atoms with Crippen LogP contribution in [0.3, 0.4) is 0 Å². The van der Waals surface area contributed by atoms with E-state index in [9.17, 15) is 9.59 Å². The first kappa shape index (κ1) is 19.3. The maximum absolute atomic E-state index is 13.0. The Morgan fingerprint density at radius 2 is 1.83 bits per heavy atom. The minimum absolute atomic E-state index is 0.0195. The molecule has 4 aliphatic rings. The highest BCUT2D eigenvalue weighted by Crippen LogP contribution is 2.42. The van der Waals surface area contributed by atoms with Crippen molar-refractivity contribution in [2.75, 3.05) is 13.1 Å². The fourth-order valence-corrected chi connectivity index (χ4v) is 5.75. The van der Waals surface area contributed by atoms with Crippen molar-refractivity contribution in [2.45, 2.75) is 89.8 Å². The van der Waals surface area contributed by atoms with Gasteiger partial charge in [0.2, 0.25) is 5.91 Å². The molecule has 2 aliphatic carbocycles. The molecule has 6 nitrogen and oxygen atoms in total. The second-order valence-electron chi connectivity index (χ2n) is 9.75. The summed E-state index contributed by atoms with van der Waals surface area (Å²) in [5.41, 5.74) is 1.84. The van der Waals surface area contributed by atoms with E-state index < -0.39 is 0 Å². The van der Waals surface area contributed by atoms with Crippen LogP contribution in [0.15, 0.2) is 4.79 Å². The summed E-state index contributed by atoms with van der Waals surface area (Å²) >= 11 is 0. The van der Waals surface area contributed by atoms with Crippen LogP contribution in [-0.2, 0) is 17.8 Å². The molecule has 5 rings (SSSR count). The number of aromatic amines is 1. The van der Waals surface area contributed by atoms with Crippen molar-refractivity contribution in [3.8, 4) is 0 Å². The van der Waals surface area contributed by atoms with Gasteiger partial charge in [-0.3, -0.25) is 14.5 Å². The van der Waals surface area contributed by atoms with Crippen LogP contribution in [0.4, 0.5) is 0 Å². The monoisotopic (exact) mass is 398 g/mol. The number of carbonyl (C=O) groups is 1. The average Bonchev–Trinajstić information content (AvgIpc) is 3.50. The van der Waals surface area contributed by atoms with Crippen molar-refractivity contribution in [1.82, 2.24) is 19.8 Å². The van der Waals surface area contributed by atoms with Gasteiger partial charge in [0, 0.05) is 37.2 Å². The first-order chi connectivity index (χ1) is 14.1. The minimum Gasteiger partial charge on any atom is -0.332 e. The van der Waals surface area contributed by atoms with Crippen LogP contribution in [0.5, 0.6) is 0 Å². The molecule has 3 heterocycles. The van der Waals surface area contributed by atoms with Gasteiger partial charge in [0.1, 0.15) is 5.82 Å². The predicted octanol–water partition coefficient (Wildman–Crippen LogP) is 3.17. The van der Waals surface area contributed by atoms with Crippen LogP contribution in [0.2, 0.25) is 0 Å². The van der Waals surface area contributed by atoms with Crippen molar-refractivity contribution >= 4 is 5.91 Å². The number of H-pyrrole nitrogens is 1. The van der Waals surface area contributed by atoms with E-state index in [4.69, 9.17) is 4.98 Å². The number of likely N-dealkylation sites (tertiary alicyclic amines) is 1. The van der Waals surface area contributed by atoms with E-state index in [1.54, 1.807) is 0 Å². The minimum atomic E-state index is -0.0629. The van der Waals surface area contributed by atoms with Crippen LogP contribution in [0.1, 0.15) is 87.8 Å². The molecule has 1 amide bonds. The van der Waals surface area contributed by atoms with Crippen LogP contribution in [0.25, 0.3) is 0 Å². The van der Waals surface area contributed by atoms with Gasteiger partial charge in [-0.05, 0) is 50.9 Å². The maximum Gasteiger partial charge on any atom is 0.254 e. The molecular formula is C23H34N4O2. The van der Waals surface area contributed by atoms with Crippen molar-refractivity contribution in [3.63, 3.8) is 0 Å². The average molecular weight is 399 g/mol. The topological polar surface area (TPSA) is 69.3 Å². The highest BCUT2D eigenvalue weighted by Gasteiger charge is 2.44. The standard InChI is InChI=1S/C23H34N4O2/c1-15-13-18(15)23(29)27-11-6-5-9-20(27)21-24-19-14-26(16-7-3-2-4-8-16)12-10-17(19)22(28)25-21/h15-16,18,20H,2-14H2,1H3,(H,24,25,28)/t15-,18-,20+/m0/s1. The molecule has 2 saturated carbocycles. The molecule has 1 aromatic heterocycles. The van der Waals surface area contributed by atoms with Gasteiger partial charge >= 0.3 is 0 Å². The van der Waals surface area contributed by atoms with Crippen LogP contribution in [-0.4, -0.2) is 44.8 Å². The number of amides is 1. The zero-order valence-electron chi connectivity index (χ0n) is 17.7. The molecule has 0 bridgehead atoms. The van der Waals surface area contributed by atoms with Crippen molar-refractivity contribution in [3.05, 3.63) is 27.4 Å². The van der Waals surface area contributed by atoms with Crippen molar-refractivity contribution in [1.29, 1.82) is 0 Å². The number of piperidine rings is 1. The fourth-order valence-electron chi connectivity index (χ4n) is 5.75. The normalized spacial score (nSPS) is 30.8. The molecule has 2 aliphatic heterocycles. The summed E-state index contributed by atoms with van der Waals surface area (Å²) in [5.74, 6) is 1.68. The number of aromatic nitrogens is 2. The van der Waals surface area contributed by atoms with Gasteiger partial charge in [-0.2, -0.15) is 0 Å². The zero-order valence-corrected chi connectivity index (χ0v) is 17.7. The molecular weight excluding hydrogens is 364 g/mol. The summed E-state index contributed by atoms with van der Waals surface area (Å²) in [6, 6.07) is 0.581. The summed E-state index contributed by atoms with van der Waals surface area (Å²) < 4.78 is 0. The van der Waals surface area contributed by atoms with E-state index in [-0.39, 0.29) is 23.4 Å². The molecule has 158 valence electrons. The summed E-state index contributed by atoms with van der Waals surface area (Å²) in [6.45, 7) is 4.70. The van der Waals surface area contributed by atoms with Gasteiger partial charge in [-0.1, -0.05) is 26.2 Å². The Labute approximate surface area is 173 Å². The number of hydrogen-bond acceptors (Lipinski definition) is 4. The fraction of sp³-hybridized carbons (Fsp3) is 0.783. The quantitative estimate of drug-likeness (QED) is 0.849. The number of nitrogens with zero attached hydrogens (tertiary/aromatic N) is 3. The Kier molecular flexibility index (Phi) is 5.23. The number of fused-ring (bicyclic) bond motifs is 1. The third-order valence-electron chi connectivity index (χ3n) is 7.74. The van der Waals surface area contributed by atoms with E-state index in [0.717, 1.165) is 68.8 Å². The first-order valence-corrected chi connectivity index (χ1v) is 11.8. The second kappa shape index (κ2) is 7.86. The molecule has 3 fully saturated rings. The Morgan fingerprint density at radius 1 is 1.07 bits per heavy atom. The first-order valence-electron chi connectivity index (χ1n) is 11.8. The molecule has 6 heteroatoms. The maximum atomic E-state index is 13.0. The molecule has 0 spiro atoms. The number of carbonyl (C=O) groups excluding carboxylic acids is 1. The summed E-state index contributed by atoms with van der Waals surface area (Å²) in [7, 11) is 0. The number of hydrogen-bond donors (Lipinski definition) is 1. The largest absolute Gasteiger partial charge is 0.332 e. The number of rotatable bonds is 3. The molecule has 0 unspecified atom stereocenters. The lowest BCUT2D eigenvalue weighted by Gasteiger charge is -2.38. The molecule has 1 saturated heterocycles. The Hall–Kier alpha value is -1.69. The predicted molar refractivity (Wildman–Crippen MR) is 111 cm³/mol. The Balaban J connectivity index is 1.40. The SMILES string of the molecule is C[C@H]1C[C@@H]1C(=O)N1CCCC[C@@H]1c1nc2c(c(=O)[nH]1)CCN(C1CCCCC1)C2. The van der Waals surface area contributed by atoms with E-state index in [1.165, 1.54) is 32.1 Å². The molecule has 0 aromatic carbocycles. The van der Waals surface area contributed by atoms with Crippen molar-refractivity contribution in [2.24, 2.45) is 11.8 Å². The Bertz CT molecular complexity index is 829. The van der Waals surface area contributed by atoms with E-state index in [0.29, 0.717) is 12.0 Å². The third kappa shape index (κ3) is 3.76. The van der Waals surface area contributed by atoms with Gasteiger partial charge in [-0.25, -0.2) is 4.98 Å². The summed E-state index contributed by atoms with van der Waals surface area (Å²) in [5, 5.41) is 0. The van der Waals surface area contributed by atoms with Crippen LogP contribution in [0, 0.1) is 11.8 Å². The lowest BCUT2D eigenvalue weighted by molar-refractivity contribution is -0.137. The lowest BCUT2D eigenvalue weighted by Crippen LogP contribution is -2.44. The van der Waals surface area contributed by atoms with Crippen LogP contribution >= 0.6 is 0 Å². The zero-order chi connectivity index (χ0) is 20.0. The van der Waals surface area contributed by atoms with Crippen LogP contribution < -0.4 is 5.56 Å². The number of nitrogens with one attached hydrogen (secondary N) is 1. The van der Waals surface area contributed by atoms with Gasteiger partial charge in [0.25, 0.3) is 5.56 Å². The van der Waals surface area contributed by atoms with E-state index in [2.05, 4.69) is 16.8 Å². The van der Waals surface area contributed by atoms with Gasteiger partial charge in [-0.15, -0.1) is 0 Å². The Morgan fingerprint density at radius 3 is 2.59 bits per heavy atom. The smallest absolute Gasteiger partial charge is 0.254 e. The third-order valence-corrected chi connectivity index (χ3v) is 7.74. The molecule has 29 heavy (non-hydrogen) atoms.